The van der Waals surface area contributed by atoms with E-state index in [-0.39, 0.29) is 0 Å². The first-order valence-electron chi connectivity index (χ1n) is 5.70. The number of rotatable bonds is 2. The Kier molecular flexibility index (Phi) is 2.41. The first kappa shape index (κ1) is 10.7. The van der Waals surface area contributed by atoms with Crippen LogP contribution in [0.2, 0.25) is 0 Å². The molecule has 3 aromatic rings. The van der Waals surface area contributed by atoms with Crippen LogP contribution in [-0.2, 0) is 0 Å². The zero-order valence-electron chi connectivity index (χ0n) is 9.97. The van der Waals surface area contributed by atoms with Crippen molar-refractivity contribution in [2.24, 2.45) is 0 Å². The number of nitrogen functional groups attached to an aromatic ring is 1. The van der Waals surface area contributed by atoms with Gasteiger partial charge in [-0.25, -0.2) is 0 Å². The van der Waals surface area contributed by atoms with Crippen LogP contribution in [0.15, 0.2) is 46.9 Å². The lowest BCUT2D eigenvalue weighted by Crippen LogP contribution is -1.81. The summed E-state index contributed by atoms with van der Waals surface area (Å²) in [5.41, 5.74) is 8.63. The third kappa shape index (κ3) is 1.88. The number of furan rings is 1. The minimum absolute atomic E-state index is 0.457. The lowest BCUT2D eigenvalue weighted by Gasteiger charge is -1.97. The van der Waals surface area contributed by atoms with Crippen LogP contribution in [-0.4, -0.2) is 10.2 Å². The highest BCUT2D eigenvalue weighted by Gasteiger charge is 2.08. The van der Waals surface area contributed by atoms with Crippen LogP contribution < -0.4 is 5.73 Å². The lowest BCUT2D eigenvalue weighted by molar-refractivity contribution is 0.594. The van der Waals surface area contributed by atoms with Gasteiger partial charge in [0.1, 0.15) is 17.3 Å². The molecule has 18 heavy (non-hydrogen) atoms. The normalized spacial score (nSPS) is 10.7. The molecule has 3 N–H and O–H groups in total. The van der Waals surface area contributed by atoms with Gasteiger partial charge < -0.3 is 10.2 Å². The first-order valence-corrected chi connectivity index (χ1v) is 5.70. The van der Waals surface area contributed by atoms with E-state index in [2.05, 4.69) is 29.3 Å². The van der Waals surface area contributed by atoms with E-state index in [0.29, 0.717) is 5.82 Å². The second kappa shape index (κ2) is 4.07. The molecular weight excluding hydrogens is 226 g/mol. The molecule has 0 saturated heterocycles. The molecule has 4 nitrogen and oxygen atoms in total. The molecule has 0 bridgehead atoms. The van der Waals surface area contributed by atoms with E-state index in [1.165, 1.54) is 5.56 Å². The van der Waals surface area contributed by atoms with Crippen LogP contribution in [0.5, 0.6) is 0 Å². The summed E-state index contributed by atoms with van der Waals surface area (Å²) in [5.74, 6) is 2.02. The van der Waals surface area contributed by atoms with Crippen molar-refractivity contribution in [3.05, 3.63) is 48.0 Å². The molecule has 2 aromatic heterocycles. The Bertz CT molecular complexity index is 664. The molecular formula is C14H13N3O. The topological polar surface area (TPSA) is 67.8 Å². The van der Waals surface area contributed by atoms with Crippen molar-refractivity contribution in [1.82, 2.24) is 10.2 Å². The molecule has 90 valence electrons. The van der Waals surface area contributed by atoms with Gasteiger partial charge in [0.15, 0.2) is 5.76 Å². The largest absolute Gasteiger partial charge is 0.454 e. The number of nitrogens with zero attached hydrogens (tertiary/aromatic N) is 1. The second-order valence-corrected chi connectivity index (χ2v) is 4.24. The predicted molar refractivity (Wildman–Crippen MR) is 70.9 cm³/mol. The summed E-state index contributed by atoms with van der Waals surface area (Å²) >= 11 is 0. The van der Waals surface area contributed by atoms with Crippen molar-refractivity contribution < 1.29 is 4.42 Å². The Balaban J connectivity index is 1.96. The molecule has 0 aliphatic heterocycles. The fourth-order valence-corrected chi connectivity index (χ4v) is 1.82. The molecule has 2 heterocycles. The average molecular weight is 239 g/mol. The van der Waals surface area contributed by atoms with Crippen molar-refractivity contribution >= 4 is 5.82 Å². The molecule has 1 aromatic carbocycles. The van der Waals surface area contributed by atoms with Crippen molar-refractivity contribution in [2.45, 2.75) is 6.92 Å². The SMILES string of the molecule is Cc1ccc(-c2ccc(-c3cc(N)n[nH]3)o2)cc1. The van der Waals surface area contributed by atoms with E-state index in [0.717, 1.165) is 22.8 Å². The van der Waals surface area contributed by atoms with Gasteiger partial charge in [-0.3, -0.25) is 5.10 Å². The first-order chi connectivity index (χ1) is 8.72. The molecule has 0 fully saturated rings. The Morgan fingerprint density at radius 3 is 2.44 bits per heavy atom. The highest BCUT2D eigenvalue weighted by Crippen LogP contribution is 2.28. The van der Waals surface area contributed by atoms with E-state index in [1.54, 1.807) is 6.07 Å². The van der Waals surface area contributed by atoms with Crippen molar-refractivity contribution in [2.75, 3.05) is 5.73 Å². The monoisotopic (exact) mass is 239 g/mol. The number of benzene rings is 1. The third-order valence-electron chi connectivity index (χ3n) is 2.81. The summed E-state index contributed by atoms with van der Waals surface area (Å²) in [7, 11) is 0. The fourth-order valence-electron chi connectivity index (χ4n) is 1.82. The van der Waals surface area contributed by atoms with E-state index in [1.807, 2.05) is 24.3 Å². The van der Waals surface area contributed by atoms with Crippen LogP contribution in [0.4, 0.5) is 5.82 Å². The van der Waals surface area contributed by atoms with Crippen LogP contribution in [0.1, 0.15) is 5.56 Å². The standard InChI is InChI=1S/C14H13N3O/c1-9-2-4-10(5-3-9)12-6-7-13(18-12)11-8-14(15)17-16-11/h2-8H,1H3,(H3,15,16,17). The van der Waals surface area contributed by atoms with Gasteiger partial charge in [-0.1, -0.05) is 29.8 Å². The van der Waals surface area contributed by atoms with Gasteiger partial charge in [-0.15, -0.1) is 0 Å². The van der Waals surface area contributed by atoms with Crippen molar-refractivity contribution in [1.29, 1.82) is 0 Å². The van der Waals surface area contributed by atoms with E-state index in [4.69, 9.17) is 10.2 Å². The zero-order valence-corrected chi connectivity index (χ0v) is 9.97. The molecule has 0 saturated carbocycles. The lowest BCUT2D eigenvalue weighted by atomic mass is 10.1. The summed E-state index contributed by atoms with van der Waals surface area (Å²) in [4.78, 5) is 0. The molecule has 0 spiro atoms. The van der Waals surface area contributed by atoms with Gasteiger partial charge in [-0.05, 0) is 19.1 Å². The maximum absolute atomic E-state index is 5.78. The van der Waals surface area contributed by atoms with Gasteiger partial charge in [0, 0.05) is 11.6 Å². The summed E-state index contributed by atoms with van der Waals surface area (Å²) in [6.07, 6.45) is 0. The second-order valence-electron chi connectivity index (χ2n) is 4.24. The molecule has 0 aliphatic carbocycles. The van der Waals surface area contributed by atoms with Crippen LogP contribution in [0.3, 0.4) is 0 Å². The molecule has 4 heteroatoms. The number of aromatic amines is 1. The Morgan fingerprint density at radius 2 is 1.78 bits per heavy atom. The predicted octanol–water partition coefficient (Wildman–Crippen LogP) is 3.23. The summed E-state index contributed by atoms with van der Waals surface area (Å²) in [6, 6.07) is 13.8. The number of hydrogen-bond acceptors (Lipinski definition) is 3. The van der Waals surface area contributed by atoms with E-state index in [9.17, 15) is 0 Å². The molecule has 0 radical (unpaired) electrons. The molecule has 0 unspecified atom stereocenters. The fraction of sp³-hybridized carbons (Fsp3) is 0.0714. The van der Waals surface area contributed by atoms with Crippen molar-refractivity contribution in [3.63, 3.8) is 0 Å². The summed E-state index contributed by atoms with van der Waals surface area (Å²) in [5, 5.41) is 6.71. The number of anilines is 1. The van der Waals surface area contributed by atoms with Gasteiger partial charge in [0.2, 0.25) is 0 Å². The maximum atomic E-state index is 5.78. The summed E-state index contributed by atoms with van der Waals surface area (Å²) in [6.45, 7) is 2.06. The van der Waals surface area contributed by atoms with E-state index >= 15 is 0 Å². The number of aryl methyl sites for hydroxylation is 1. The Labute approximate surface area is 104 Å². The zero-order chi connectivity index (χ0) is 12.5. The van der Waals surface area contributed by atoms with Gasteiger partial charge in [0.05, 0.1) is 0 Å². The quantitative estimate of drug-likeness (QED) is 0.721. The number of nitrogens with two attached hydrogens (primary N) is 1. The molecule has 0 aliphatic rings. The van der Waals surface area contributed by atoms with Gasteiger partial charge >= 0.3 is 0 Å². The van der Waals surface area contributed by atoms with E-state index < -0.39 is 0 Å². The molecule has 0 amide bonds. The average Bonchev–Trinajstić information content (AvgIpc) is 2.98. The Morgan fingerprint density at radius 1 is 1.06 bits per heavy atom. The minimum Gasteiger partial charge on any atom is -0.454 e. The Hall–Kier alpha value is -2.49. The maximum Gasteiger partial charge on any atom is 0.152 e. The van der Waals surface area contributed by atoms with Crippen LogP contribution in [0.25, 0.3) is 22.8 Å². The number of aromatic nitrogens is 2. The van der Waals surface area contributed by atoms with Crippen molar-refractivity contribution in [3.8, 4) is 22.8 Å². The van der Waals surface area contributed by atoms with Gasteiger partial charge in [0.25, 0.3) is 0 Å². The molecule has 3 rings (SSSR count). The number of H-pyrrole nitrogens is 1. The van der Waals surface area contributed by atoms with Crippen LogP contribution in [0, 0.1) is 6.92 Å². The summed E-state index contributed by atoms with van der Waals surface area (Å²) < 4.78 is 5.78. The highest BCUT2D eigenvalue weighted by atomic mass is 16.3. The highest BCUT2D eigenvalue weighted by molar-refractivity contribution is 5.64. The number of nitrogens with one attached hydrogen (secondary N) is 1. The number of hydrogen-bond donors (Lipinski definition) is 2. The van der Waals surface area contributed by atoms with Crippen LogP contribution >= 0.6 is 0 Å². The van der Waals surface area contributed by atoms with Gasteiger partial charge in [-0.2, -0.15) is 5.10 Å². The third-order valence-corrected chi connectivity index (χ3v) is 2.81. The minimum atomic E-state index is 0.457. The smallest absolute Gasteiger partial charge is 0.152 e. The molecule has 0 atom stereocenters.